The summed E-state index contributed by atoms with van der Waals surface area (Å²) in [6.45, 7) is 1.52. The van der Waals surface area contributed by atoms with Gasteiger partial charge in [-0.15, -0.1) is 11.3 Å². The van der Waals surface area contributed by atoms with E-state index in [9.17, 15) is 14.4 Å². The van der Waals surface area contributed by atoms with E-state index in [-0.39, 0.29) is 12.5 Å². The normalized spacial score (nSPS) is 12.8. The third-order valence-electron chi connectivity index (χ3n) is 3.65. The van der Waals surface area contributed by atoms with Crippen LogP contribution in [0.15, 0.2) is 47.8 Å². The highest BCUT2D eigenvalue weighted by Crippen LogP contribution is 2.10. The number of carboxylic acids is 1. The van der Waals surface area contributed by atoms with Crippen molar-refractivity contribution < 1.29 is 19.5 Å². The van der Waals surface area contributed by atoms with Crippen LogP contribution in [0.25, 0.3) is 0 Å². The number of hydrogen-bond acceptors (Lipinski definition) is 4. The Morgan fingerprint density at radius 2 is 1.84 bits per heavy atom. The topological polar surface area (TPSA) is 95.5 Å². The van der Waals surface area contributed by atoms with Crippen LogP contribution in [0.3, 0.4) is 0 Å². The van der Waals surface area contributed by atoms with Crippen molar-refractivity contribution in [1.82, 2.24) is 10.6 Å². The zero-order chi connectivity index (χ0) is 18.2. The molecule has 0 saturated carbocycles. The number of thiophene rings is 1. The summed E-state index contributed by atoms with van der Waals surface area (Å²) >= 11 is 1.29. The first-order valence-electron chi connectivity index (χ1n) is 7.86. The van der Waals surface area contributed by atoms with Gasteiger partial charge in [-0.2, -0.15) is 0 Å². The van der Waals surface area contributed by atoms with E-state index in [1.54, 1.807) is 17.5 Å². The molecule has 2 aromatic rings. The number of nitrogens with one attached hydrogen (secondary N) is 2. The van der Waals surface area contributed by atoms with Crippen LogP contribution in [0.4, 0.5) is 0 Å². The summed E-state index contributed by atoms with van der Waals surface area (Å²) in [4.78, 5) is 36.2. The van der Waals surface area contributed by atoms with Gasteiger partial charge in [0.15, 0.2) is 0 Å². The Kier molecular flexibility index (Phi) is 6.71. The van der Waals surface area contributed by atoms with Gasteiger partial charge in [-0.1, -0.05) is 43.3 Å². The monoisotopic (exact) mass is 360 g/mol. The molecule has 1 heterocycles. The van der Waals surface area contributed by atoms with Gasteiger partial charge in [0.05, 0.1) is 10.8 Å². The number of hydrogen-bond donors (Lipinski definition) is 3. The lowest BCUT2D eigenvalue weighted by Crippen LogP contribution is -2.49. The van der Waals surface area contributed by atoms with E-state index in [0.717, 1.165) is 5.56 Å². The minimum Gasteiger partial charge on any atom is -0.481 e. The number of benzene rings is 1. The quantitative estimate of drug-likeness (QED) is 0.670. The predicted octanol–water partition coefficient (Wildman–Crippen LogP) is 1.93. The summed E-state index contributed by atoms with van der Waals surface area (Å²) < 4.78 is 0. The minimum atomic E-state index is -0.984. The fourth-order valence-corrected chi connectivity index (χ4v) is 2.79. The first kappa shape index (κ1) is 18.7. The highest BCUT2D eigenvalue weighted by atomic mass is 32.1. The van der Waals surface area contributed by atoms with Crippen molar-refractivity contribution in [3.05, 3.63) is 58.3 Å². The van der Waals surface area contributed by atoms with Crippen LogP contribution in [-0.4, -0.2) is 35.5 Å². The summed E-state index contributed by atoms with van der Waals surface area (Å²) in [7, 11) is 0. The van der Waals surface area contributed by atoms with E-state index >= 15 is 0 Å². The number of carboxylic acid groups (broad SMARTS) is 1. The van der Waals surface area contributed by atoms with Crippen molar-refractivity contribution in [2.75, 3.05) is 6.54 Å². The summed E-state index contributed by atoms with van der Waals surface area (Å²) in [5.74, 6) is -2.41. The van der Waals surface area contributed by atoms with Crippen LogP contribution in [0.5, 0.6) is 0 Å². The van der Waals surface area contributed by atoms with Crippen molar-refractivity contribution in [2.24, 2.45) is 5.92 Å². The largest absolute Gasteiger partial charge is 0.481 e. The molecule has 6 nitrogen and oxygen atoms in total. The molecule has 0 radical (unpaired) electrons. The maximum Gasteiger partial charge on any atom is 0.308 e. The molecule has 0 spiro atoms. The average molecular weight is 360 g/mol. The second-order valence-electron chi connectivity index (χ2n) is 5.68. The van der Waals surface area contributed by atoms with Crippen molar-refractivity contribution >= 4 is 29.1 Å². The van der Waals surface area contributed by atoms with E-state index in [4.69, 9.17) is 5.11 Å². The second-order valence-corrected chi connectivity index (χ2v) is 6.63. The number of aliphatic carboxylic acids is 1. The maximum absolute atomic E-state index is 12.5. The molecule has 1 aromatic heterocycles. The van der Waals surface area contributed by atoms with Gasteiger partial charge in [0.1, 0.15) is 6.04 Å². The van der Waals surface area contributed by atoms with Crippen LogP contribution in [0, 0.1) is 5.92 Å². The molecule has 2 atom stereocenters. The van der Waals surface area contributed by atoms with Gasteiger partial charge in [0.2, 0.25) is 5.91 Å². The molecular weight excluding hydrogens is 340 g/mol. The number of carbonyl (C=O) groups is 3. The molecule has 0 aliphatic carbocycles. The Morgan fingerprint density at radius 1 is 1.12 bits per heavy atom. The summed E-state index contributed by atoms with van der Waals surface area (Å²) in [6.07, 6.45) is 0.325. The van der Waals surface area contributed by atoms with E-state index in [1.807, 2.05) is 30.3 Å². The zero-order valence-electron chi connectivity index (χ0n) is 13.8. The Bertz CT molecular complexity index is 716. The molecule has 2 amide bonds. The van der Waals surface area contributed by atoms with Crippen LogP contribution >= 0.6 is 11.3 Å². The Morgan fingerprint density at radius 3 is 2.44 bits per heavy atom. The Balaban J connectivity index is 2.06. The maximum atomic E-state index is 12.5. The van der Waals surface area contributed by atoms with Gasteiger partial charge in [0.25, 0.3) is 5.91 Å². The zero-order valence-corrected chi connectivity index (χ0v) is 14.6. The molecule has 1 aromatic carbocycles. The lowest BCUT2D eigenvalue weighted by Gasteiger charge is -2.19. The van der Waals surface area contributed by atoms with E-state index in [0.29, 0.717) is 11.3 Å². The summed E-state index contributed by atoms with van der Waals surface area (Å²) in [5, 5.41) is 16.0. The van der Waals surface area contributed by atoms with Gasteiger partial charge in [-0.05, 0) is 17.0 Å². The lowest BCUT2D eigenvalue weighted by atomic mass is 10.0. The molecular formula is C18H20N2O4S. The first-order chi connectivity index (χ1) is 12.0. The van der Waals surface area contributed by atoms with Gasteiger partial charge in [-0.25, -0.2) is 0 Å². The molecule has 0 fully saturated rings. The van der Waals surface area contributed by atoms with Gasteiger partial charge in [0, 0.05) is 13.0 Å². The number of amides is 2. The van der Waals surface area contributed by atoms with Crippen LogP contribution in [-0.2, 0) is 16.0 Å². The van der Waals surface area contributed by atoms with Gasteiger partial charge >= 0.3 is 5.97 Å². The smallest absolute Gasteiger partial charge is 0.308 e. The van der Waals surface area contributed by atoms with Crippen LogP contribution in [0.2, 0.25) is 0 Å². The third-order valence-corrected chi connectivity index (χ3v) is 4.52. The van der Waals surface area contributed by atoms with Crippen molar-refractivity contribution in [1.29, 1.82) is 0 Å². The Hall–Kier alpha value is -2.67. The molecule has 0 saturated heterocycles. The highest BCUT2D eigenvalue weighted by Gasteiger charge is 2.23. The minimum absolute atomic E-state index is 0.00826. The van der Waals surface area contributed by atoms with Crippen molar-refractivity contribution in [3.63, 3.8) is 0 Å². The first-order valence-corrected chi connectivity index (χ1v) is 8.74. The molecule has 7 heteroatoms. The standard InChI is InChI=1S/C18H20N2O4S/c1-12(18(23)24)11-19-16(21)14(10-13-6-3-2-4-7-13)20-17(22)15-8-5-9-25-15/h2-9,12,14H,10-11H2,1H3,(H,19,21)(H,20,22)(H,23,24). The van der Waals surface area contributed by atoms with E-state index < -0.39 is 23.8 Å². The predicted molar refractivity (Wildman–Crippen MR) is 95.5 cm³/mol. The van der Waals surface area contributed by atoms with E-state index in [2.05, 4.69) is 10.6 Å². The van der Waals surface area contributed by atoms with Gasteiger partial charge < -0.3 is 15.7 Å². The van der Waals surface area contributed by atoms with Gasteiger partial charge in [-0.3, -0.25) is 14.4 Å². The third kappa shape index (κ3) is 5.72. The molecule has 3 N–H and O–H groups in total. The molecule has 0 bridgehead atoms. The Labute approximate surface area is 149 Å². The highest BCUT2D eigenvalue weighted by molar-refractivity contribution is 7.12. The van der Waals surface area contributed by atoms with E-state index in [1.165, 1.54) is 18.3 Å². The van der Waals surface area contributed by atoms with Crippen LogP contribution < -0.4 is 10.6 Å². The van der Waals surface area contributed by atoms with Crippen molar-refractivity contribution in [2.45, 2.75) is 19.4 Å². The molecule has 0 aliphatic heterocycles. The fraction of sp³-hybridized carbons (Fsp3) is 0.278. The lowest BCUT2D eigenvalue weighted by molar-refractivity contribution is -0.141. The number of carbonyl (C=O) groups excluding carboxylic acids is 2. The second kappa shape index (κ2) is 8.98. The molecule has 132 valence electrons. The van der Waals surface area contributed by atoms with Crippen LogP contribution in [0.1, 0.15) is 22.2 Å². The molecule has 25 heavy (non-hydrogen) atoms. The molecule has 2 unspecified atom stereocenters. The fourth-order valence-electron chi connectivity index (χ4n) is 2.16. The number of rotatable bonds is 8. The SMILES string of the molecule is CC(CNC(=O)C(Cc1ccccc1)NC(=O)c1cccs1)C(=O)O. The molecule has 0 aliphatic rings. The average Bonchev–Trinajstić information content (AvgIpc) is 3.14. The summed E-state index contributed by atoms with van der Waals surface area (Å²) in [5.41, 5.74) is 0.903. The summed E-state index contributed by atoms with van der Waals surface area (Å²) in [6, 6.07) is 12.0. The van der Waals surface area contributed by atoms with Crippen molar-refractivity contribution in [3.8, 4) is 0 Å². The molecule has 2 rings (SSSR count).